The number of hydrogen-bond acceptors (Lipinski definition) is 5. The second-order valence-electron chi connectivity index (χ2n) is 18.9. The van der Waals surface area contributed by atoms with Gasteiger partial charge in [0, 0.05) is 6.42 Å². The number of nitrogens with one attached hydrogen (secondary N) is 1. The Morgan fingerprint density at radius 3 is 1.41 bits per heavy atom. The van der Waals surface area contributed by atoms with Crippen LogP contribution < -0.4 is 5.32 Å². The highest BCUT2D eigenvalue weighted by Crippen LogP contribution is 2.43. The zero-order valence-corrected chi connectivity index (χ0v) is 42.7. The van der Waals surface area contributed by atoms with Crippen LogP contribution in [0.15, 0.2) is 60.8 Å². The lowest BCUT2D eigenvalue weighted by Gasteiger charge is -2.25. The molecule has 9 heteroatoms. The predicted molar refractivity (Wildman–Crippen MR) is 272 cm³/mol. The third-order valence-corrected chi connectivity index (χ3v) is 12.4. The number of rotatable bonds is 47. The van der Waals surface area contributed by atoms with Crippen LogP contribution in [-0.4, -0.2) is 73.4 Å². The monoisotopic (exact) mass is 906 g/mol. The molecule has 0 saturated heterocycles. The first-order valence-electron chi connectivity index (χ1n) is 26.2. The summed E-state index contributed by atoms with van der Waals surface area (Å²) in [4.78, 5) is 23.2. The smallest absolute Gasteiger partial charge is 0.387 e. The van der Waals surface area contributed by atoms with Gasteiger partial charge in [0.25, 0.3) is 0 Å². The number of unbranched alkanes of at least 4 members (excludes halogenated alkanes) is 26. The first-order chi connectivity index (χ1) is 30.5. The van der Waals surface area contributed by atoms with Gasteiger partial charge in [-0.05, 0) is 70.6 Å². The van der Waals surface area contributed by atoms with E-state index >= 15 is 0 Å². The van der Waals surface area contributed by atoms with Crippen LogP contribution in [0.1, 0.15) is 226 Å². The Labute approximate surface area is 390 Å². The second kappa shape index (κ2) is 45.4. The molecule has 0 aromatic rings. The Bertz CT molecular complexity index is 1210. The number of hydrogen-bond donors (Lipinski definition) is 3. The number of quaternary nitrogens is 1. The lowest BCUT2D eigenvalue weighted by atomic mass is 10.0. The highest BCUT2D eigenvalue weighted by atomic mass is 31.2. The van der Waals surface area contributed by atoms with Crippen LogP contribution in [0.5, 0.6) is 0 Å². The van der Waals surface area contributed by atoms with Crippen LogP contribution >= 0.6 is 7.82 Å². The Balaban J connectivity index is 4.14. The highest BCUT2D eigenvalue weighted by molar-refractivity contribution is 7.47. The van der Waals surface area contributed by atoms with Gasteiger partial charge in [-0.3, -0.25) is 13.8 Å². The van der Waals surface area contributed by atoms with Crippen molar-refractivity contribution in [1.82, 2.24) is 5.32 Å². The van der Waals surface area contributed by atoms with E-state index in [2.05, 4.69) is 67.8 Å². The van der Waals surface area contributed by atoms with Gasteiger partial charge in [0.1, 0.15) is 13.2 Å². The van der Waals surface area contributed by atoms with Gasteiger partial charge in [-0.15, -0.1) is 0 Å². The second-order valence-corrected chi connectivity index (χ2v) is 20.3. The Kier molecular flexibility index (Phi) is 44.1. The van der Waals surface area contributed by atoms with E-state index in [0.29, 0.717) is 17.4 Å². The molecule has 0 aromatic heterocycles. The van der Waals surface area contributed by atoms with Crippen LogP contribution in [0.3, 0.4) is 0 Å². The molecule has 3 unspecified atom stereocenters. The molecule has 3 N–H and O–H groups in total. The van der Waals surface area contributed by atoms with Gasteiger partial charge in [0.15, 0.2) is 0 Å². The molecular formula is C54H102N2O6P+. The molecule has 368 valence electrons. The summed E-state index contributed by atoms with van der Waals surface area (Å²) in [7, 11) is 1.54. The van der Waals surface area contributed by atoms with Gasteiger partial charge in [-0.1, -0.05) is 209 Å². The van der Waals surface area contributed by atoms with Crippen LogP contribution in [-0.2, 0) is 18.4 Å². The van der Waals surface area contributed by atoms with E-state index in [-0.39, 0.29) is 19.1 Å². The third kappa shape index (κ3) is 48.0. The van der Waals surface area contributed by atoms with Crippen molar-refractivity contribution in [2.75, 3.05) is 40.9 Å². The number of nitrogens with zero attached hydrogens (tertiary/aromatic N) is 1. The molecule has 0 spiro atoms. The molecule has 0 aliphatic rings. The molecule has 0 aliphatic carbocycles. The Hall–Kier alpha value is -1.80. The minimum absolute atomic E-state index is 0.0517. The van der Waals surface area contributed by atoms with E-state index < -0.39 is 20.0 Å². The summed E-state index contributed by atoms with van der Waals surface area (Å²) in [5.41, 5.74) is 0. The summed E-state index contributed by atoms with van der Waals surface area (Å²) in [5.74, 6) is -0.194. The molecule has 0 rings (SSSR count). The normalized spacial score (nSPS) is 14.6. The molecule has 0 heterocycles. The SMILES string of the molecule is CCCC/C=C/CC/C=C/CC/C=C/C(O)C(COP(=O)(O)OCC[N+](C)(C)C)NC(=O)CCCCCCCCCCCCCCC/C=C\C/C=C\CCCCCCCCCCC. The minimum atomic E-state index is -4.35. The molecule has 0 aromatic carbocycles. The zero-order valence-electron chi connectivity index (χ0n) is 41.8. The summed E-state index contributed by atoms with van der Waals surface area (Å²) < 4.78 is 23.6. The lowest BCUT2D eigenvalue weighted by molar-refractivity contribution is -0.870. The summed E-state index contributed by atoms with van der Waals surface area (Å²) >= 11 is 0. The predicted octanol–water partition coefficient (Wildman–Crippen LogP) is 15.4. The van der Waals surface area contributed by atoms with Crippen LogP contribution in [0.4, 0.5) is 0 Å². The van der Waals surface area contributed by atoms with Gasteiger partial charge in [0.05, 0.1) is 39.9 Å². The van der Waals surface area contributed by atoms with E-state index in [0.717, 1.165) is 57.8 Å². The quantitative estimate of drug-likeness (QED) is 0.0243. The van der Waals surface area contributed by atoms with Crippen molar-refractivity contribution in [2.45, 2.75) is 238 Å². The maximum absolute atomic E-state index is 12.9. The minimum Gasteiger partial charge on any atom is -0.387 e. The topological polar surface area (TPSA) is 105 Å². The number of carbonyl (C=O) groups is 1. The van der Waals surface area contributed by atoms with Crippen molar-refractivity contribution >= 4 is 13.7 Å². The largest absolute Gasteiger partial charge is 0.472 e. The van der Waals surface area contributed by atoms with Crippen molar-refractivity contribution < 1.29 is 32.9 Å². The average Bonchev–Trinajstić information content (AvgIpc) is 3.24. The van der Waals surface area contributed by atoms with Crippen molar-refractivity contribution in [3.63, 3.8) is 0 Å². The fourth-order valence-electron chi connectivity index (χ4n) is 7.27. The van der Waals surface area contributed by atoms with Crippen LogP contribution in [0.25, 0.3) is 0 Å². The van der Waals surface area contributed by atoms with Gasteiger partial charge in [-0.2, -0.15) is 0 Å². The molecular weight excluding hydrogens is 804 g/mol. The van der Waals surface area contributed by atoms with E-state index in [4.69, 9.17) is 9.05 Å². The fourth-order valence-corrected chi connectivity index (χ4v) is 8.00. The number of carbonyl (C=O) groups excluding carboxylic acids is 1. The molecule has 63 heavy (non-hydrogen) atoms. The van der Waals surface area contributed by atoms with Crippen molar-refractivity contribution in [3.05, 3.63) is 60.8 Å². The number of phosphoric acid groups is 1. The van der Waals surface area contributed by atoms with E-state index in [1.54, 1.807) is 6.08 Å². The van der Waals surface area contributed by atoms with Crippen molar-refractivity contribution in [1.29, 1.82) is 0 Å². The van der Waals surface area contributed by atoms with E-state index in [1.165, 1.54) is 148 Å². The van der Waals surface area contributed by atoms with Gasteiger partial charge in [-0.25, -0.2) is 4.57 Å². The number of allylic oxidation sites excluding steroid dienone is 9. The average molecular weight is 906 g/mol. The number of aliphatic hydroxyl groups is 1. The summed E-state index contributed by atoms with van der Waals surface area (Å²) in [6.07, 6.45) is 60.4. The zero-order chi connectivity index (χ0) is 46.4. The molecule has 8 nitrogen and oxygen atoms in total. The number of aliphatic hydroxyl groups excluding tert-OH is 1. The lowest BCUT2D eigenvalue weighted by Crippen LogP contribution is -2.45. The van der Waals surface area contributed by atoms with Crippen LogP contribution in [0, 0.1) is 0 Å². The summed E-state index contributed by atoms with van der Waals surface area (Å²) in [5, 5.41) is 13.8. The molecule has 0 radical (unpaired) electrons. The van der Waals surface area contributed by atoms with Crippen molar-refractivity contribution in [2.24, 2.45) is 0 Å². The van der Waals surface area contributed by atoms with Gasteiger partial charge in [0.2, 0.25) is 5.91 Å². The number of phosphoric ester groups is 1. The van der Waals surface area contributed by atoms with E-state index in [9.17, 15) is 19.4 Å². The molecule has 0 aliphatic heterocycles. The Morgan fingerprint density at radius 2 is 0.937 bits per heavy atom. The van der Waals surface area contributed by atoms with Gasteiger partial charge >= 0.3 is 7.82 Å². The molecule has 0 saturated carbocycles. The molecule has 3 atom stereocenters. The first-order valence-corrected chi connectivity index (χ1v) is 27.7. The van der Waals surface area contributed by atoms with Gasteiger partial charge < -0.3 is 19.8 Å². The van der Waals surface area contributed by atoms with Crippen molar-refractivity contribution in [3.8, 4) is 0 Å². The molecule has 1 amide bonds. The number of likely N-dealkylation sites (N-methyl/N-ethyl adjacent to an activating group) is 1. The molecule has 0 fully saturated rings. The highest BCUT2D eigenvalue weighted by Gasteiger charge is 2.27. The first kappa shape index (κ1) is 61.2. The molecule has 0 bridgehead atoms. The van der Waals surface area contributed by atoms with Crippen LogP contribution in [0.2, 0.25) is 0 Å². The maximum atomic E-state index is 12.9. The maximum Gasteiger partial charge on any atom is 0.472 e. The number of amides is 1. The van der Waals surface area contributed by atoms with E-state index in [1.807, 2.05) is 27.2 Å². The fraction of sp³-hybridized carbons (Fsp3) is 0.796. The summed E-state index contributed by atoms with van der Waals surface area (Å²) in [6, 6.07) is -0.870. The summed E-state index contributed by atoms with van der Waals surface area (Å²) in [6.45, 7) is 4.73. The standard InChI is InChI=1S/C54H101N2O6P/c1-6-8-10-12-14-16-18-20-21-22-23-24-25-26-27-28-29-30-31-32-33-34-35-36-38-40-42-44-46-48-54(58)55-52(51-62-63(59,60)61-50-49-56(3,4)5)53(57)47-45-43-41-39-37-19-17-15-13-11-9-7-2/h13,15,23-24,26-27,37,39,45,47,52-53,57H,6-12,14,16-22,25,28-36,38,40-44,46,48-51H2,1-5H3,(H-,55,58,59,60)/p+1/b15-13+,24-23-,27-26-,39-37+,47-45+. The Morgan fingerprint density at radius 1 is 0.540 bits per heavy atom. The third-order valence-electron chi connectivity index (χ3n) is 11.4.